The van der Waals surface area contributed by atoms with Gasteiger partial charge in [0.15, 0.2) is 0 Å². The monoisotopic (exact) mass is 620 g/mol. The zero-order chi connectivity index (χ0) is 30.7. The smallest absolute Gasteiger partial charge is 0.405 e. The molecule has 0 radical (unpaired) electrons. The summed E-state index contributed by atoms with van der Waals surface area (Å²) in [5.74, 6) is 0.251. The molecule has 9 nitrogen and oxygen atoms in total. The summed E-state index contributed by atoms with van der Waals surface area (Å²) in [6, 6.07) is 17.2. The minimum atomic E-state index is -4.81. The van der Waals surface area contributed by atoms with E-state index in [0.717, 1.165) is 60.7 Å². The Morgan fingerprint density at radius 1 is 1.05 bits per heavy atom. The minimum absolute atomic E-state index is 0.269. The van der Waals surface area contributed by atoms with Gasteiger partial charge in [0.25, 0.3) is 11.1 Å². The molecule has 226 valence electrons. The minimum Gasteiger partial charge on any atom is -0.405 e. The summed E-state index contributed by atoms with van der Waals surface area (Å²) in [7, 11) is 0. The second-order valence-corrected chi connectivity index (χ2v) is 11.4. The van der Waals surface area contributed by atoms with Gasteiger partial charge in [-0.3, -0.25) is 19.9 Å². The lowest BCUT2D eigenvalue weighted by molar-refractivity contribution is -0.274. The van der Waals surface area contributed by atoms with Crippen molar-refractivity contribution in [2.75, 3.05) is 24.5 Å². The highest BCUT2D eigenvalue weighted by Crippen LogP contribution is 2.35. The lowest BCUT2D eigenvalue weighted by atomic mass is 9.97. The van der Waals surface area contributed by atoms with E-state index in [-0.39, 0.29) is 11.3 Å². The molecule has 4 aromatic rings. The molecule has 2 aliphatic rings. The number of para-hydroxylation sites is 1. The molecule has 0 aliphatic carbocycles. The standard InChI is InChI=1S/C31H27F3N6O3S/c32-31(33,34)43-26-8-4-3-7-23(26)24-15-20-5-1-2-6-22(20)25(38-24)18-35-17-19-10-13-40(14-11-19)29-36-12-9-21(37-29)16-27-28(41)39-30(42)44-27/h1-9,12,15-16,19,35H,10-11,13-14,17-18H2,(H,39,41,42)/b27-16-. The molecule has 2 N–H and O–H groups in total. The van der Waals surface area contributed by atoms with Crippen molar-refractivity contribution in [3.8, 4) is 17.0 Å². The van der Waals surface area contributed by atoms with Crippen molar-refractivity contribution in [1.82, 2.24) is 25.6 Å². The van der Waals surface area contributed by atoms with E-state index in [1.165, 1.54) is 12.1 Å². The van der Waals surface area contributed by atoms with Gasteiger partial charge in [-0.15, -0.1) is 13.2 Å². The molecule has 2 saturated heterocycles. The Hall–Kier alpha value is -4.49. The summed E-state index contributed by atoms with van der Waals surface area (Å²) >= 11 is 0.848. The first kappa shape index (κ1) is 29.6. The second kappa shape index (κ2) is 12.6. The van der Waals surface area contributed by atoms with Gasteiger partial charge < -0.3 is 15.0 Å². The van der Waals surface area contributed by atoms with Crippen LogP contribution in [0.4, 0.5) is 23.9 Å². The van der Waals surface area contributed by atoms with Crippen LogP contribution in [0.25, 0.3) is 28.1 Å². The van der Waals surface area contributed by atoms with Gasteiger partial charge in [0.2, 0.25) is 5.95 Å². The molecule has 0 unspecified atom stereocenters. The fourth-order valence-electron chi connectivity index (χ4n) is 5.32. The molecule has 2 fully saturated rings. The number of carbonyl (C=O) groups is 2. The molecule has 2 amide bonds. The van der Waals surface area contributed by atoms with E-state index in [9.17, 15) is 22.8 Å². The van der Waals surface area contributed by atoms with E-state index < -0.39 is 17.5 Å². The van der Waals surface area contributed by atoms with Crippen LogP contribution in [0, 0.1) is 5.92 Å². The number of rotatable bonds is 8. The van der Waals surface area contributed by atoms with Gasteiger partial charge in [-0.05, 0) is 72.8 Å². The van der Waals surface area contributed by atoms with E-state index >= 15 is 0 Å². The third kappa shape index (κ3) is 7.00. The van der Waals surface area contributed by atoms with Crippen molar-refractivity contribution < 1.29 is 27.5 Å². The number of piperidine rings is 1. The zero-order valence-corrected chi connectivity index (χ0v) is 24.1. The third-order valence-electron chi connectivity index (χ3n) is 7.42. The van der Waals surface area contributed by atoms with E-state index in [4.69, 9.17) is 4.98 Å². The number of thioether (sulfide) groups is 1. The van der Waals surface area contributed by atoms with Crippen molar-refractivity contribution in [3.63, 3.8) is 0 Å². The molecule has 0 saturated carbocycles. The van der Waals surface area contributed by atoms with Crippen LogP contribution in [0.5, 0.6) is 5.75 Å². The number of anilines is 1. The molecule has 13 heteroatoms. The Morgan fingerprint density at radius 3 is 2.59 bits per heavy atom. The molecule has 6 rings (SSSR count). The SMILES string of the molecule is O=C1NC(=O)/C(=C/c2ccnc(N3CCC(CNCc4nc(-c5ccccc5OC(F)(F)F)cc5ccccc45)CC3)n2)S1. The largest absolute Gasteiger partial charge is 0.573 e. The van der Waals surface area contributed by atoms with Gasteiger partial charge in [0, 0.05) is 36.8 Å². The summed E-state index contributed by atoms with van der Waals surface area (Å²) in [4.78, 5) is 39.5. The summed E-state index contributed by atoms with van der Waals surface area (Å²) in [5.41, 5.74) is 1.98. The predicted octanol–water partition coefficient (Wildman–Crippen LogP) is 5.92. The van der Waals surface area contributed by atoms with Gasteiger partial charge in [0.1, 0.15) is 5.75 Å². The van der Waals surface area contributed by atoms with Crippen LogP contribution in [0.2, 0.25) is 0 Å². The number of nitrogens with one attached hydrogen (secondary N) is 2. The molecular formula is C31H27F3N6O3S. The average Bonchev–Trinajstić information content (AvgIpc) is 3.32. The number of amides is 2. The highest BCUT2D eigenvalue weighted by molar-refractivity contribution is 8.18. The number of fused-ring (bicyclic) bond motifs is 1. The van der Waals surface area contributed by atoms with Crippen LogP contribution in [0.15, 0.2) is 71.8 Å². The van der Waals surface area contributed by atoms with Crippen LogP contribution in [-0.4, -0.2) is 52.1 Å². The number of halogens is 3. The second-order valence-electron chi connectivity index (χ2n) is 10.4. The maximum Gasteiger partial charge on any atom is 0.573 e. The Labute approximate surface area is 254 Å². The van der Waals surface area contributed by atoms with Crippen molar-refractivity contribution >= 4 is 45.7 Å². The maximum absolute atomic E-state index is 13.1. The molecule has 2 aromatic carbocycles. The quantitative estimate of drug-likeness (QED) is 0.232. The number of aromatic nitrogens is 3. The normalized spacial score (nSPS) is 17.0. The van der Waals surface area contributed by atoms with Crippen LogP contribution in [0.3, 0.4) is 0 Å². The van der Waals surface area contributed by atoms with Gasteiger partial charge in [0.05, 0.1) is 22.0 Å². The fourth-order valence-corrected chi connectivity index (χ4v) is 5.98. The molecule has 4 heterocycles. The van der Waals surface area contributed by atoms with E-state index in [1.54, 1.807) is 36.5 Å². The zero-order valence-electron chi connectivity index (χ0n) is 23.3. The highest BCUT2D eigenvalue weighted by Gasteiger charge is 2.32. The summed E-state index contributed by atoms with van der Waals surface area (Å²) in [5, 5.41) is 7.15. The Balaban J connectivity index is 1.10. The summed E-state index contributed by atoms with van der Waals surface area (Å²) in [6.07, 6.45) is 0.228. The molecule has 0 spiro atoms. The number of nitrogens with zero attached hydrogens (tertiary/aromatic N) is 4. The van der Waals surface area contributed by atoms with Crippen LogP contribution >= 0.6 is 11.8 Å². The average molecular weight is 621 g/mol. The van der Waals surface area contributed by atoms with Gasteiger partial charge in [-0.25, -0.2) is 9.97 Å². The van der Waals surface area contributed by atoms with Gasteiger partial charge in [-0.2, -0.15) is 0 Å². The number of alkyl halides is 3. The predicted molar refractivity (Wildman–Crippen MR) is 162 cm³/mol. The topological polar surface area (TPSA) is 109 Å². The van der Waals surface area contributed by atoms with Crippen LogP contribution in [-0.2, 0) is 11.3 Å². The number of carbonyl (C=O) groups excluding carboxylic acids is 2. The lowest BCUT2D eigenvalue weighted by Gasteiger charge is -2.32. The third-order valence-corrected chi connectivity index (χ3v) is 8.23. The molecule has 2 aliphatic heterocycles. The Bertz CT molecular complexity index is 1740. The maximum atomic E-state index is 13.1. The van der Waals surface area contributed by atoms with E-state index in [2.05, 4.69) is 30.2 Å². The number of imide groups is 1. The van der Waals surface area contributed by atoms with E-state index in [0.29, 0.717) is 34.7 Å². The first-order valence-electron chi connectivity index (χ1n) is 14.0. The first-order valence-corrected chi connectivity index (χ1v) is 14.8. The van der Waals surface area contributed by atoms with Crippen molar-refractivity contribution in [1.29, 1.82) is 0 Å². The number of hydrogen-bond acceptors (Lipinski definition) is 9. The number of ether oxygens (including phenoxy) is 1. The van der Waals surface area contributed by atoms with Gasteiger partial charge >= 0.3 is 6.36 Å². The Morgan fingerprint density at radius 2 is 1.82 bits per heavy atom. The Kier molecular flexibility index (Phi) is 8.49. The molecular weight excluding hydrogens is 593 g/mol. The molecule has 0 bridgehead atoms. The molecule has 2 aromatic heterocycles. The van der Waals surface area contributed by atoms with Crippen LogP contribution in [0.1, 0.15) is 24.2 Å². The van der Waals surface area contributed by atoms with Crippen molar-refractivity contribution in [2.45, 2.75) is 25.7 Å². The number of benzene rings is 2. The number of pyridine rings is 1. The first-order chi connectivity index (χ1) is 21.2. The van der Waals surface area contributed by atoms with Crippen LogP contribution < -0.4 is 20.3 Å². The fraction of sp³-hybridized carbons (Fsp3) is 0.258. The highest BCUT2D eigenvalue weighted by atomic mass is 32.2. The lowest BCUT2D eigenvalue weighted by Crippen LogP contribution is -2.38. The molecule has 44 heavy (non-hydrogen) atoms. The summed E-state index contributed by atoms with van der Waals surface area (Å²) in [6.45, 7) is 2.71. The molecule has 0 atom stereocenters. The van der Waals surface area contributed by atoms with Crippen molar-refractivity contribution in [2.24, 2.45) is 5.92 Å². The number of hydrogen-bond donors (Lipinski definition) is 2. The van der Waals surface area contributed by atoms with Crippen molar-refractivity contribution in [3.05, 3.63) is 83.2 Å². The van der Waals surface area contributed by atoms with E-state index in [1.807, 2.05) is 24.3 Å². The van der Waals surface area contributed by atoms with Gasteiger partial charge in [-0.1, -0.05) is 36.4 Å². The summed E-state index contributed by atoms with van der Waals surface area (Å²) < 4.78 is 43.5.